The minimum absolute atomic E-state index is 0.270. The van der Waals surface area contributed by atoms with Gasteiger partial charge in [0.05, 0.1) is 12.0 Å². The van der Waals surface area contributed by atoms with Gasteiger partial charge in [0.1, 0.15) is 5.75 Å². The Balaban J connectivity index is 2.45. The number of nitrogens with two attached hydrogens (primary N) is 1. The lowest BCUT2D eigenvalue weighted by molar-refractivity contribution is -0.113. The number of hydrogen-bond donors (Lipinski definition) is 1. The van der Waals surface area contributed by atoms with E-state index in [9.17, 15) is 4.79 Å². The van der Waals surface area contributed by atoms with Crippen LogP contribution in [0, 0.1) is 6.92 Å². The summed E-state index contributed by atoms with van der Waals surface area (Å²) >= 11 is 1.21. The second kappa shape index (κ2) is 5.71. The fraction of sp³-hybridized carbons (Fsp3) is 0.333. The molecule has 0 aromatic heterocycles. The molecule has 2 N–H and O–H groups in total. The molecule has 1 aromatic carbocycles. The molecule has 0 unspecified atom stereocenters. The Bertz CT molecular complexity index is 619. The Morgan fingerprint density at radius 3 is 2.60 bits per heavy atom. The van der Waals surface area contributed by atoms with Crippen LogP contribution in [0.1, 0.15) is 36.5 Å². The molecule has 20 heavy (non-hydrogen) atoms. The maximum Gasteiger partial charge on any atom is 0.286 e. The zero-order valence-corrected chi connectivity index (χ0v) is 12.9. The normalized spacial score (nSPS) is 16.9. The van der Waals surface area contributed by atoms with E-state index in [1.54, 1.807) is 7.11 Å². The van der Waals surface area contributed by atoms with Crippen LogP contribution >= 0.6 is 11.8 Å². The quantitative estimate of drug-likeness (QED) is 0.869. The number of nitrogens with zero attached hydrogens (tertiary/aromatic N) is 1. The van der Waals surface area contributed by atoms with Crippen LogP contribution < -0.4 is 10.5 Å². The van der Waals surface area contributed by atoms with Crippen LogP contribution in [0.15, 0.2) is 22.0 Å². The van der Waals surface area contributed by atoms with Crippen LogP contribution in [0.3, 0.4) is 0 Å². The lowest BCUT2D eigenvalue weighted by Crippen LogP contribution is -2.01. The van der Waals surface area contributed by atoms with Gasteiger partial charge in [-0.05, 0) is 59.5 Å². The highest BCUT2D eigenvalue weighted by Gasteiger charge is 2.20. The molecule has 0 fully saturated rings. The van der Waals surface area contributed by atoms with Crippen LogP contribution in [0.2, 0.25) is 0 Å². The molecule has 106 valence electrons. The maximum absolute atomic E-state index is 11.7. The van der Waals surface area contributed by atoms with Gasteiger partial charge in [-0.1, -0.05) is 13.8 Å². The van der Waals surface area contributed by atoms with Gasteiger partial charge in [-0.15, -0.1) is 0 Å². The maximum atomic E-state index is 11.7. The molecule has 1 amide bonds. The molecular weight excluding hydrogens is 272 g/mol. The second-order valence-corrected chi connectivity index (χ2v) is 6.03. The van der Waals surface area contributed by atoms with E-state index in [0.717, 1.165) is 22.4 Å². The van der Waals surface area contributed by atoms with Gasteiger partial charge in [-0.3, -0.25) is 4.79 Å². The first-order chi connectivity index (χ1) is 9.42. The summed E-state index contributed by atoms with van der Waals surface area (Å²) in [5.41, 5.74) is 8.73. The number of benzene rings is 1. The third kappa shape index (κ3) is 2.88. The van der Waals surface area contributed by atoms with Gasteiger partial charge in [-0.2, -0.15) is 4.99 Å². The van der Waals surface area contributed by atoms with E-state index in [1.807, 2.05) is 19.1 Å². The van der Waals surface area contributed by atoms with E-state index < -0.39 is 0 Å². The number of rotatable bonds is 3. The second-order valence-electron chi connectivity index (χ2n) is 4.97. The number of thioether (sulfide) groups is 1. The Morgan fingerprint density at radius 1 is 1.40 bits per heavy atom. The molecule has 0 atom stereocenters. The monoisotopic (exact) mass is 290 g/mol. The topological polar surface area (TPSA) is 64.7 Å². The van der Waals surface area contributed by atoms with E-state index in [-0.39, 0.29) is 5.91 Å². The molecule has 0 radical (unpaired) electrons. The number of amides is 1. The van der Waals surface area contributed by atoms with Crippen molar-refractivity contribution in [2.24, 2.45) is 10.7 Å². The number of ether oxygens (including phenoxy) is 1. The van der Waals surface area contributed by atoms with Crippen molar-refractivity contribution in [1.82, 2.24) is 0 Å². The van der Waals surface area contributed by atoms with Crippen molar-refractivity contribution in [2.75, 3.05) is 7.11 Å². The Morgan fingerprint density at radius 2 is 2.10 bits per heavy atom. The summed E-state index contributed by atoms with van der Waals surface area (Å²) in [6, 6.07) is 4.06. The highest BCUT2D eigenvalue weighted by atomic mass is 32.2. The molecule has 0 saturated carbocycles. The van der Waals surface area contributed by atoms with E-state index in [4.69, 9.17) is 10.5 Å². The number of aryl methyl sites for hydroxylation is 1. The number of amidine groups is 1. The molecule has 0 aliphatic carbocycles. The van der Waals surface area contributed by atoms with E-state index in [2.05, 4.69) is 24.9 Å². The first kappa shape index (κ1) is 14.7. The number of aliphatic imine (C=N–C) groups is 1. The van der Waals surface area contributed by atoms with Crippen molar-refractivity contribution in [3.05, 3.63) is 33.7 Å². The molecule has 0 spiro atoms. The zero-order valence-electron chi connectivity index (χ0n) is 12.1. The fourth-order valence-corrected chi connectivity index (χ4v) is 2.74. The van der Waals surface area contributed by atoms with Gasteiger partial charge in [0.25, 0.3) is 5.91 Å². The number of carbonyl (C=O) groups excluding carboxylic acids is 1. The third-order valence-electron chi connectivity index (χ3n) is 3.16. The minimum Gasteiger partial charge on any atom is -0.496 e. The van der Waals surface area contributed by atoms with Crippen molar-refractivity contribution in [3.63, 3.8) is 0 Å². The molecule has 1 aliphatic heterocycles. The number of methoxy groups -OCH3 is 1. The predicted octanol–water partition coefficient (Wildman–Crippen LogP) is 3.06. The van der Waals surface area contributed by atoms with Crippen molar-refractivity contribution in [2.45, 2.75) is 26.7 Å². The highest BCUT2D eigenvalue weighted by Crippen LogP contribution is 2.33. The van der Waals surface area contributed by atoms with Gasteiger partial charge < -0.3 is 10.5 Å². The van der Waals surface area contributed by atoms with E-state index >= 15 is 0 Å². The van der Waals surface area contributed by atoms with Crippen molar-refractivity contribution in [3.8, 4) is 5.75 Å². The summed E-state index contributed by atoms with van der Waals surface area (Å²) in [5, 5.41) is 0.302. The number of hydrogen-bond acceptors (Lipinski definition) is 4. The van der Waals surface area contributed by atoms with Crippen LogP contribution in [-0.4, -0.2) is 18.2 Å². The summed E-state index contributed by atoms with van der Waals surface area (Å²) < 4.78 is 5.42. The predicted molar refractivity (Wildman–Crippen MR) is 84.0 cm³/mol. The lowest BCUT2D eigenvalue weighted by Gasteiger charge is -2.14. The van der Waals surface area contributed by atoms with Crippen LogP contribution in [-0.2, 0) is 4.79 Å². The molecule has 0 saturated heterocycles. The average Bonchev–Trinajstić information content (AvgIpc) is 2.69. The summed E-state index contributed by atoms with van der Waals surface area (Å²) in [7, 11) is 1.67. The number of carbonyl (C=O) groups is 1. The molecule has 1 aromatic rings. The smallest absolute Gasteiger partial charge is 0.286 e. The molecule has 5 heteroatoms. The molecule has 4 nitrogen and oxygen atoms in total. The molecule has 0 bridgehead atoms. The summed E-state index contributed by atoms with van der Waals surface area (Å²) in [6.07, 6.45) is 1.84. The molecule has 2 rings (SSSR count). The minimum atomic E-state index is -0.270. The third-order valence-corrected chi connectivity index (χ3v) is 3.98. The SMILES string of the molecule is COc1cc(C)c(C=C2SC(N)=NC2=O)cc1C(C)C. The fourth-order valence-electron chi connectivity index (χ4n) is 2.07. The summed E-state index contributed by atoms with van der Waals surface area (Å²) in [5.74, 6) is 0.950. The zero-order chi connectivity index (χ0) is 14.9. The Labute approximate surface area is 123 Å². The van der Waals surface area contributed by atoms with Gasteiger partial charge >= 0.3 is 0 Å². The van der Waals surface area contributed by atoms with E-state index in [0.29, 0.717) is 16.0 Å². The van der Waals surface area contributed by atoms with Crippen LogP contribution in [0.4, 0.5) is 0 Å². The highest BCUT2D eigenvalue weighted by molar-refractivity contribution is 8.18. The van der Waals surface area contributed by atoms with Gasteiger partial charge in [0.15, 0.2) is 5.17 Å². The lowest BCUT2D eigenvalue weighted by atomic mass is 9.96. The van der Waals surface area contributed by atoms with Crippen LogP contribution in [0.25, 0.3) is 6.08 Å². The molecule has 1 aliphatic rings. The van der Waals surface area contributed by atoms with Gasteiger partial charge in [0, 0.05) is 0 Å². The van der Waals surface area contributed by atoms with Gasteiger partial charge in [0.2, 0.25) is 0 Å². The first-order valence-electron chi connectivity index (χ1n) is 6.39. The van der Waals surface area contributed by atoms with Crippen molar-refractivity contribution in [1.29, 1.82) is 0 Å². The molecular formula is C15H18N2O2S. The molecule has 1 heterocycles. The van der Waals surface area contributed by atoms with Crippen molar-refractivity contribution < 1.29 is 9.53 Å². The standard InChI is InChI=1S/C15H18N2O2S/c1-8(2)11-6-10(9(3)5-12(11)19-4)7-13-14(18)17-15(16)20-13/h5-8H,1-4H3,(H2,16,17,18). The van der Waals surface area contributed by atoms with Crippen LogP contribution in [0.5, 0.6) is 5.75 Å². The largest absolute Gasteiger partial charge is 0.496 e. The van der Waals surface area contributed by atoms with Gasteiger partial charge in [-0.25, -0.2) is 0 Å². The first-order valence-corrected chi connectivity index (χ1v) is 7.20. The summed E-state index contributed by atoms with van der Waals surface area (Å²) in [6.45, 7) is 6.22. The summed E-state index contributed by atoms with van der Waals surface area (Å²) in [4.78, 5) is 15.9. The Kier molecular flexibility index (Phi) is 4.18. The average molecular weight is 290 g/mol. The Hall–Kier alpha value is -1.75. The van der Waals surface area contributed by atoms with E-state index in [1.165, 1.54) is 11.8 Å². The van der Waals surface area contributed by atoms with Crippen molar-refractivity contribution >= 4 is 28.9 Å².